The van der Waals surface area contributed by atoms with Gasteiger partial charge in [-0.3, -0.25) is 4.79 Å². The third-order valence-electron chi connectivity index (χ3n) is 2.19. The zero-order chi connectivity index (χ0) is 10.6. The fourth-order valence-electron chi connectivity index (χ4n) is 1.31. The second kappa shape index (κ2) is 4.92. The van der Waals surface area contributed by atoms with Crippen LogP contribution in [0.4, 0.5) is 0 Å². The van der Waals surface area contributed by atoms with Crippen LogP contribution in [0, 0.1) is 5.92 Å². The van der Waals surface area contributed by atoms with E-state index >= 15 is 0 Å². The van der Waals surface area contributed by atoms with Crippen molar-refractivity contribution in [1.82, 2.24) is 10.6 Å². The average Bonchev–Trinajstić information content (AvgIpc) is 2.66. The molecule has 1 fully saturated rings. The molecule has 4 N–H and O–H groups in total. The minimum Gasteiger partial charge on any atom is -0.479 e. The number of carbonyl (C=O) groups excluding carboxylic acids is 1. The van der Waals surface area contributed by atoms with E-state index in [0.29, 0.717) is 6.54 Å². The Labute approximate surface area is 81.3 Å². The molecule has 1 aliphatic rings. The van der Waals surface area contributed by atoms with E-state index in [0.717, 1.165) is 13.0 Å². The number of carboxylic acids is 1. The Morgan fingerprint density at radius 1 is 1.57 bits per heavy atom. The molecule has 0 bridgehead atoms. The number of rotatable bonds is 4. The summed E-state index contributed by atoms with van der Waals surface area (Å²) in [7, 11) is 0. The Morgan fingerprint density at radius 2 is 2.29 bits per heavy atom. The van der Waals surface area contributed by atoms with E-state index in [1.165, 1.54) is 0 Å². The van der Waals surface area contributed by atoms with Crippen molar-refractivity contribution in [3.05, 3.63) is 0 Å². The monoisotopic (exact) mass is 202 g/mol. The van der Waals surface area contributed by atoms with Crippen molar-refractivity contribution in [2.24, 2.45) is 5.92 Å². The Kier molecular flexibility index (Phi) is 3.84. The molecule has 80 valence electrons. The van der Waals surface area contributed by atoms with Crippen LogP contribution in [0.5, 0.6) is 0 Å². The summed E-state index contributed by atoms with van der Waals surface area (Å²) in [5, 5.41) is 22.7. The lowest BCUT2D eigenvalue weighted by Crippen LogP contribution is -2.39. The number of aliphatic hydroxyl groups excluding tert-OH is 1. The first-order valence-electron chi connectivity index (χ1n) is 4.50. The van der Waals surface area contributed by atoms with Gasteiger partial charge in [0.05, 0.1) is 12.5 Å². The smallest absolute Gasteiger partial charge is 0.334 e. The zero-order valence-electron chi connectivity index (χ0n) is 7.69. The summed E-state index contributed by atoms with van der Waals surface area (Å²) in [6, 6.07) is 0. The molecular formula is C8H14N2O4. The largest absolute Gasteiger partial charge is 0.479 e. The third kappa shape index (κ3) is 2.97. The van der Waals surface area contributed by atoms with Crippen molar-refractivity contribution < 1.29 is 19.8 Å². The highest BCUT2D eigenvalue weighted by Crippen LogP contribution is 2.06. The van der Waals surface area contributed by atoms with Gasteiger partial charge in [-0.15, -0.1) is 0 Å². The van der Waals surface area contributed by atoms with E-state index in [-0.39, 0.29) is 18.4 Å². The number of aliphatic carboxylic acids is 1. The highest BCUT2D eigenvalue weighted by Gasteiger charge is 2.23. The molecule has 0 aromatic rings. The molecule has 6 nitrogen and oxygen atoms in total. The van der Waals surface area contributed by atoms with E-state index in [1.54, 1.807) is 0 Å². The maximum atomic E-state index is 11.3. The number of carbonyl (C=O) groups is 2. The lowest BCUT2D eigenvalue weighted by Gasteiger charge is -2.11. The Morgan fingerprint density at radius 3 is 2.79 bits per heavy atom. The molecule has 6 heteroatoms. The summed E-state index contributed by atoms with van der Waals surface area (Å²) in [6.45, 7) is 1.19. The molecule has 1 aliphatic heterocycles. The maximum absolute atomic E-state index is 11.3. The number of carboxylic acid groups (broad SMARTS) is 1. The first kappa shape index (κ1) is 10.9. The van der Waals surface area contributed by atoms with E-state index in [4.69, 9.17) is 10.2 Å². The standard InChI is InChI=1S/C8H14N2O4/c11-6(8(13)14)4-10-7(12)5-1-2-9-3-5/h5-6,9,11H,1-4H2,(H,10,12)(H,13,14)/t5?,6-/m0/s1. The Balaban J connectivity index is 2.23. The van der Waals surface area contributed by atoms with Crippen LogP contribution < -0.4 is 10.6 Å². The van der Waals surface area contributed by atoms with E-state index in [9.17, 15) is 9.59 Å². The minimum absolute atomic E-state index is 0.101. The van der Waals surface area contributed by atoms with Gasteiger partial charge < -0.3 is 20.8 Å². The molecule has 1 unspecified atom stereocenters. The fourth-order valence-corrected chi connectivity index (χ4v) is 1.31. The number of nitrogens with one attached hydrogen (secondary N) is 2. The van der Waals surface area contributed by atoms with Crippen LogP contribution in [-0.4, -0.2) is 47.8 Å². The summed E-state index contributed by atoms with van der Waals surface area (Å²) < 4.78 is 0. The molecule has 2 atom stereocenters. The van der Waals surface area contributed by atoms with Crippen LogP contribution >= 0.6 is 0 Å². The first-order valence-corrected chi connectivity index (χ1v) is 4.50. The predicted octanol–water partition coefficient (Wildman–Crippen LogP) is -1.84. The second-order valence-corrected chi connectivity index (χ2v) is 3.29. The van der Waals surface area contributed by atoms with Crippen LogP contribution in [0.25, 0.3) is 0 Å². The van der Waals surface area contributed by atoms with Crippen molar-refractivity contribution in [1.29, 1.82) is 0 Å². The number of aliphatic hydroxyl groups is 1. The Bertz CT molecular complexity index is 225. The molecule has 0 aromatic heterocycles. The predicted molar refractivity (Wildman–Crippen MR) is 47.6 cm³/mol. The first-order chi connectivity index (χ1) is 6.61. The van der Waals surface area contributed by atoms with Crippen LogP contribution in [-0.2, 0) is 9.59 Å². The van der Waals surface area contributed by atoms with Gasteiger partial charge in [0.25, 0.3) is 0 Å². The van der Waals surface area contributed by atoms with Gasteiger partial charge in [-0.2, -0.15) is 0 Å². The van der Waals surface area contributed by atoms with Crippen molar-refractivity contribution in [2.75, 3.05) is 19.6 Å². The third-order valence-corrected chi connectivity index (χ3v) is 2.19. The van der Waals surface area contributed by atoms with Gasteiger partial charge in [-0.05, 0) is 13.0 Å². The summed E-state index contributed by atoms with van der Waals surface area (Å²) >= 11 is 0. The van der Waals surface area contributed by atoms with Crippen LogP contribution in [0.1, 0.15) is 6.42 Å². The average molecular weight is 202 g/mol. The molecule has 1 heterocycles. The molecule has 0 aromatic carbocycles. The van der Waals surface area contributed by atoms with E-state index < -0.39 is 12.1 Å². The zero-order valence-corrected chi connectivity index (χ0v) is 7.69. The normalized spacial score (nSPS) is 23.1. The van der Waals surface area contributed by atoms with E-state index in [2.05, 4.69) is 10.6 Å². The maximum Gasteiger partial charge on any atom is 0.334 e. The second-order valence-electron chi connectivity index (χ2n) is 3.29. The van der Waals surface area contributed by atoms with Crippen LogP contribution in [0.15, 0.2) is 0 Å². The van der Waals surface area contributed by atoms with Crippen molar-refractivity contribution >= 4 is 11.9 Å². The summed E-state index contributed by atoms with van der Waals surface area (Å²) in [6.07, 6.45) is -0.761. The SMILES string of the molecule is O=C(NC[C@H](O)C(=O)O)C1CCNC1. The lowest BCUT2D eigenvalue weighted by atomic mass is 10.1. The molecule has 1 amide bonds. The van der Waals surface area contributed by atoms with Crippen LogP contribution in [0.2, 0.25) is 0 Å². The van der Waals surface area contributed by atoms with E-state index in [1.807, 2.05) is 0 Å². The quantitative estimate of drug-likeness (QED) is 0.429. The molecule has 1 rings (SSSR count). The fraction of sp³-hybridized carbons (Fsp3) is 0.750. The Hall–Kier alpha value is -1.14. The lowest BCUT2D eigenvalue weighted by molar-refractivity contribution is -0.146. The highest BCUT2D eigenvalue weighted by molar-refractivity contribution is 5.80. The van der Waals surface area contributed by atoms with Crippen molar-refractivity contribution in [3.8, 4) is 0 Å². The van der Waals surface area contributed by atoms with Gasteiger partial charge in [0.1, 0.15) is 0 Å². The summed E-state index contributed by atoms with van der Waals surface area (Å²) in [5.74, 6) is -1.62. The molecule has 0 aliphatic carbocycles. The molecule has 0 radical (unpaired) electrons. The number of hydrogen-bond acceptors (Lipinski definition) is 4. The van der Waals surface area contributed by atoms with Crippen molar-refractivity contribution in [2.45, 2.75) is 12.5 Å². The van der Waals surface area contributed by atoms with Crippen molar-refractivity contribution in [3.63, 3.8) is 0 Å². The van der Waals surface area contributed by atoms with Gasteiger partial charge in [-0.25, -0.2) is 4.79 Å². The molecule has 0 saturated carbocycles. The highest BCUT2D eigenvalue weighted by atomic mass is 16.4. The number of hydrogen-bond donors (Lipinski definition) is 4. The summed E-state index contributed by atoms with van der Waals surface area (Å²) in [4.78, 5) is 21.5. The summed E-state index contributed by atoms with van der Waals surface area (Å²) in [5.41, 5.74) is 0. The van der Waals surface area contributed by atoms with Gasteiger partial charge in [-0.1, -0.05) is 0 Å². The van der Waals surface area contributed by atoms with Gasteiger partial charge >= 0.3 is 5.97 Å². The molecule has 1 saturated heterocycles. The minimum atomic E-state index is -1.52. The topological polar surface area (TPSA) is 98.7 Å². The van der Waals surface area contributed by atoms with Gasteiger partial charge in [0.2, 0.25) is 5.91 Å². The molecule has 14 heavy (non-hydrogen) atoms. The number of amides is 1. The van der Waals surface area contributed by atoms with Gasteiger partial charge in [0.15, 0.2) is 6.10 Å². The van der Waals surface area contributed by atoms with Crippen LogP contribution in [0.3, 0.4) is 0 Å². The molecular weight excluding hydrogens is 188 g/mol. The van der Waals surface area contributed by atoms with Gasteiger partial charge in [0, 0.05) is 6.54 Å². The molecule has 0 spiro atoms.